The van der Waals surface area contributed by atoms with Crippen LogP contribution in [0, 0.1) is 11.3 Å². The SMILES string of the molecule is CCCC(C)C1(CC)C(=O)NC(=O)N=C1[O-].O=C([O-])CC(=O)O.[K+].[Na+]. The number of carbonyl (C=O) groups is 4. The van der Waals surface area contributed by atoms with Gasteiger partial charge >= 0.3 is 92.9 Å². The number of aliphatic imine (C=N–C) groups is 1. The molecule has 11 heteroatoms. The van der Waals surface area contributed by atoms with Gasteiger partial charge in [-0.3, -0.25) is 14.9 Å². The monoisotopic (exact) mass is 390 g/mol. The van der Waals surface area contributed by atoms with Gasteiger partial charge in [0.05, 0.1) is 17.8 Å². The maximum absolute atomic E-state index is 11.9. The van der Waals surface area contributed by atoms with E-state index in [2.05, 4.69) is 10.3 Å². The van der Waals surface area contributed by atoms with Gasteiger partial charge in [0.15, 0.2) is 0 Å². The van der Waals surface area contributed by atoms with Crippen molar-refractivity contribution < 1.29 is 115 Å². The second-order valence-electron chi connectivity index (χ2n) is 5.13. The molecule has 0 aromatic carbocycles. The minimum absolute atomic E-state index is 0. The Kier molecular flexibility index (Phi) is 17.1. The van der Waals surface area contributed by atoms with E-state index < -0.39 is 41.6 Å². The van der Waals surface area contributed by atoms with Crippen LogP contribution < -0.4 is 96.5 Å². The zero-order valence-corrected chi connectivity index (χ0v) is 20.4. The van der Waals surface area contributed by atoms with Crippen LogP contribution in [0.2, 0.25) is 0 Å². The number of nitrogens with one attached hydrogen (secondary N) is 1. The quantitative estimate of drug-likeness (QED) is 0.337. The molecule has 0 fully saturated rings. The maximum Gasteiger partial charge on any atom is 1.00 e. The van der Waals surface area contributed by atoms with Crippen molar-refractivity contribution in [1.82, 2.24) is 5.32 Å². The first-order chi connectivity index (χ1) is 10.6. The number of aliphatic carboxylic acids is 2. The minimum atomic E-state index is -1.56. The van der Waals surface area contributed by atoms with E-state index >= 15 is 0 Å². The van der Waals surface area contributed by atoms with Crippen molar-refractivity contribution >= 4 is 29.8 Å². The summed E-state index contributed by atoms with van der Waals surface area (Å²) in [5, 5.41) is 30.9. The molecule has 3 amide bonds. The van der Waals surface area contributed by atoms with Gasteiger partial charge < -0.3 is 20.1 Å². The largest absolute Gasteiger partial charge is 1.00 e. The van der Waals surface area contributed by atoms with Crippen LogP contribution >= 0.6 is 0 Å². The van der Waals surface area contributed by atoms with Crippen LogP contribution in [-0.2, 0) is 14.4 Å². The summed E-state index contributed by atoms with van der Waals surface area (Å²) in [6.45, 7) is 5.62. The molecule has 0 radical (unpaired) electrons. The van der Waals surface area contributed by atoms with Crippen LogP contribution in [0.1, 0.15) is 46.5 Å². The van der Waals surface area contributed by atoms with E-state index in [0.29, 0.717) is 6.42 Å². The van der Waals surface area contributed by atoms with Gasteiger partial charge in [0.25, 0.3) is 0 Å². The van der Waals surface area contributed by atoms with E-state index in [4.69, 9.17) is 5.11 Å². The van der Waals surface area contributed by atoms with Crippen molar-refractivity contribution in [3.05, 3.63) is 0 Å². The predicted octanol–water partition coefficient (Wildman–Crippen LogP) is -6.95. The average Bonchev–Trinajstić information content (AvgIpc) is 2.38. The van der Waals surface area contributed by atoms with Gasteiger partial charge in [-0.25, -0.2) is 9.79 Å². The molecule has 0 aromatic heterocycles. The summed E-state index contributed by atoms with van der Waals surface area (Å²) >= 11 is 0. The van der Waals surface area contributed by atoms with Crippen molar-refractivity contribution in [2.45, 2.75) is 46.5 Å². The third-order valence-electron chi connectivity index (χ3n) is 3.63. The molecule has 1 aliphatic rings. The molecule has 2 unspecified atom stereocenters. The first kappa shape index (κ1) is 29.9. The Morgan fingerprint density at radius 3 is 2.12 bits per heavy atom. The number of carboxylic acid groups (broad SMARTS) is 2. The Hall–Kier alpha value is 0.186. The third-order valence-corrected chi connectivity index (χ3v) is 3.63. The molecule has 130 valence electrons. The molecule has 0 saturated carbocycles. The van der Waals surface area contributed by atoms with Gasteiger partial charge in [-0.1, -0.05) is 27.2 Å². The third kappa shape index (κ3) is 9.09. The molecule has 0 aromatic rings. The number of nitrogens with zero attached hydrogens (tertiary/aromatic N) is 1. The molecule has 0 spiro atoms. The molecular weight excluding hydrogens is 370 g/mol. The summed E-state index contributed by atoms with van der Waals surface area (Å²) in [5.74, 6) is -4.13. The van der Waals surface area contributed by atoms with Crippen LogP contribution in [0.3, 0.4) is 0 Å². The fraction of sp³-hybridized carbons (Fsp3) is 0.643. The minimum Gasteiger partial charge on any atom is -0.861 e. The van der Waals surface area contributed by atoms with Gasteiger partial charge in [-0.15, -0.1) is 0 Å². The Balaban J connectivity index is -0.000000464. The summed E-state index contributed by atoms with van der Waals surface area (Å²) < 4.78 is 0. The molecule has 2 N–H and O–H groups in total. The van der Waals surface area contributed by atoms with Gasteiger partial charge in [0.1, 0.15) is 0 Å². The Morgan fingerprint density at radius 2 is 1.84 bits per heavy atom. The zero-order chi connectivity index (χ0) is 18.2. The second-order valence-corrected chi connectivity index (χ2v) is 5.13. The summed E-state index contributed by atoms with van der Waals surface area (Å²) in [4.78, 5) is 44.9. The fourth-order valence-electron chi connectivity index (χ4n) is 2.42. The molecule has 0 aliphatic carbocycles. The number of hydrogen-bond acceptors (Lipinski definition) is 6. The van der Waals surface area contributed by atoms with E-state index in [9.17, 15) is 29.4 Å². The van der Waals surface area contributed by atoms with E-state index in [0.717, 1.165) is 12.8 Å². The molecule has 0 saturated heterocycles. The Bertz CT molecular complexity index is 515. The number of rotatable bonds is 6. The number of urea groups is 1. The molecule has 9 nitrogen and oxygen atoms in total. The van der Waals surface area contributed by atoms with E-state index in [1.54, 1.807) is 6.92 Å². The molecule has 1 aliphatic heterocycles. The number of hydrogen-bond donors (Lipinski definition) is 2. The van der Waals surface area contributed by atoms with Crippen molar-refractivity contribution in [3.63, 3.8) is 0 Å². The Morgan fingerprint density at radius 1 is 1.32 bits per heavy atom. The van der Waals surface area contributed by atoms with Crippen molar-refractivity contribution in [3.8, 4) is 0 Å². The van der Waals surface area contributed by atoms with Crippen molar-refractivity contribution in [2.24, 2.45) is 16.3 Å². The van der Waals surface area contributed by atoms with Crippen molar-refractivity contribution in [2.75, 3.05) is 0 Å². The molecule has 1 rings (SSSR count). The van der Waals surface area contributed by atoms with Crippen LogP contribution in [0.5, 0.6) is 0 Å². The van der Waals surface area contributed by atoms with Crippen LogP contribution in [0.4, 0.5) is 4.79 Å². The van der Waals surface area contributed by atoms with Crippen LogP contribution in [0.25, 0.3) is 0 Å². The van der Waals surface area contributed by atoms with Crippen molar-refractivity contribution in [1.29, 1.82) is 0 Å². The standard InChI is InChI=1S/C11H18N2O3.C3H4O4.K.Na/c1-4-6-7(3)11(5-2)8(14)12-10(16)13-9(11)15;4-2(5)1-3(6)7;;/h7H,4-6H2,1-3H3,(H2,12,13,14,15,16);1H2,(H,4,5)(H,6,7);;/q;;2*+1/p-2. The normalized spacial score (nSPS) is 19.7. The summed E-state index contributed by atoms with van der Waals surface area (Å²) in [5.41, 5.74) is -1.15. The number of carboxylic acids is 2. The van der Waals surface area contributed by atoms with Gasteiger partial charge in [0, 0.05) is 0 Å². The predicted molar refractivity (Wildman–Crippen MR) is 75.0 cm³/mol. The zero-order valence-electron chi connectivity index (χ0n) is 15.2. The second kappa shape index (κ2) is 14.3. The topological polar surface area (TPSA) is 159 Å². The smallest absolute Gasteiger partial charge is 0.861 e. The first-order valence-electron chi connectivity index (χ1n) is 7.14. The number of imide groups is 1. The van der Waals surface area contributed by atoms with E-state index in [-0.39, 0.29) is 86.9 Å². The molecule has 25 heavy (non-hydrogen) atoms. The van der Waals surface area contributed by atoms with Gasteiger partial charge in [0.2, 0.25) is 5.91 Å². The Labute approximate surface area is 210 Å². The maximum atomic E-state index is 11.9. The summed E-state index contributed by atoms with van der Waals surface area (Å²) in [6.07, 6.45) is 1.10. The van der Waals surface area contributed by atoms with Gasteiger partial charge in [-0.2, -0.15) is 0 Å². The summed E-state index contributed by atoms with van der Waals surface area (Å²) in [6, 6.07) is -0.845. The van der Waals surface area contributed by atoms with E-state index in [1.165, 1.54) is 0 Å². The first-order valence-corrected chi connectivity index (χ1v) is 7.14. The molecule has 1 heterocycles. The average molecular weight is 390 g/mol. The number of carbonyl (C=O) groups excluding carboxylic acids is 3. The molecule has 2 atom stereocenters. The van der Waals surface area contributed by atoms with E-state index in [1.807, 2.05) is 13.8 Å². The fourth-order valence-corrected chi connectivity index (χ4v) is 2.42. The molecular formula is C14H20KN2NaO7. The van der Waals surface area contributed by atoms with Gasteiger partial charge in [-0.05, 0) is 24.7 Å². The number of amides is 3. The van der Waals surface area contributed by atoms with Crippen LogP contribution in [0.15, 0.2) is 4.99 Å². The van der Waals surface area contributed by atoms with Crippen LogP contribution in [-0.4, -0.2) is 34.9 Å². The molecule has 0 bridgehead atoms. The summed E-state index contributed by atoms with van der Waals surface area (Å²) in [7, 11) is 0.